The van der Waals surface area contributed by atoms with Gasteiger partial charge in [0.05, 0.1) is 5.52 Å². The number of hydrogen-bond donors (Lipinski definition) is 1. The molecule has 1 heterocycles. The van der Waals surface area contributed by atoms with Gasteiger partial charge in [0.15, 0.2) is 0 Å². The fourth-order valence-electron chi connectivity index (χ4n) is 3.36. The van der Waals surface area contributed by atoms with E-state index in [1.54, 1.807) is 0 Å². The van der Waals surface area contributed by atoms with Crippen molar-refractivity contribution in [3.63, 3.8) is 0 Å². The lowest BCUT2D eigenvalue weighted by molar-refractivity contribution is 0.0543. The highest BCUT2D eigenvalue weighted by Gasteiger charge is 2.21. The van der Waals surface area contributed by atoms with Crippen LogP contribution in [0.5, 0.6) is 0 Å². The smallest absolute Gasteiger partial charge is 0.419 e. The number of benzene rings is 1. The SMILES string of the molecule is [CH]c1cc2cc(CNCC(C)(C)CN(C)C)ccc2n1C(=O)OC(C)(C)C. The van der Waals surface area contributed by atoms with Crippen molar-refractivity contribution in [3.05, 3.63) is 42.4 Å². The highest BCUT2D eigenvalue weighted by Crippen LogP contribution is 2.23. The van der Waals surface area contributed by atoms with Gasteiger partial charge in [0.25, 0.3) is 0 Å². The van der Waals surface area contributed by atoms with E-state index in [0.717, 1.165) is 36.1 Å². The van der Waals surface area contributed by atoms with Gasteiger partial charge in [-0.2, -0.15) is 0 Å². The maximum Gasteiger partial charge on any atom is 0.419 e. The molecule has 5 heteroatoms. The van der Waals surface area contributed by atoms with E-state index >= 15 is 0 Å². The first-order chi connectivity index (χ1) is 12.4. The van der Waals surface area contributed by atoms with E-state index in [1.165, 1.54) is 4.57 Å². The van der Waals surface area contributed by atoms with Crippen LogP contribution in [0.25, 0.3) is 10.9 Å². The van der Waals surface area contributed by atoms with Gasteiger partial charge in [-0.15, -0.1) is 0 Å². The van der Waals surface area contributed by atoms with Crippen LogP contribution in [0.15, 0.2) is 24.3 Å². The summed E-state index contributed by atoms with van der Waals surface area (Å²) in [5.74, 6) is 0. The second kappa shape index (κ2) is 8.03. The number of aromatic nitrogens is 1. The number of hydrogen-bond acceptors (Lipinski definition) is 4. The molecule has 0 unspecified atom stereocenters. The Hall–Kier alpha value is -1.85. The van der Waals surface area contributed by atoms with Crippen molar-refractivity contribution in [2.24, 2.45) is 5.41 Å². The van der Waals surface area contributed by atoms with E-state index in [4.69, 9.17) is 11.7 Å². The van der Waals surface area contributed by atoms with Gasteiger partial charge >= 0.3 is 6.09 Å². The first kappa shape index (κ1) is 21.5. The number of carbonyl (C=O) groups is 1. The molecule has 0 fully saturated rings. The summed E-state index contributed by atoms with van der Waals surface area (Å²) in [4.78, 5) is 14.7. The summed E-state index contributed by atoms with van der Waals surface area (Å²) < 4.78 is 6.89. The zero-order valence-corrected chi connectivity index (χ0v) is 17.7. The van der Waals surface area contributed by atoms with Crippen molar-refractivity contribution in [2.45, 2.75) is 46.8 Å². The van der Waals surface area contributed by atoms with E-state index in [0.29, 0.717) is 5.69 Å². The molecule has 1 N–H and O–H groups in total. The topological polar surface area (TPSA) is 46.5 Å². The lowest BCUT2D eigenvalue weighted by atomic mass is 9.93. The first-order valence-corrected chi connectivity index (χ1v) is 9.37. The Morgan fingerprint density at radius 1 is 1.19 bits per heavy atom. The predicted octanol–water partition coefficient (Wildman–Crippen LogP) is 4.16. The molecule has 0 aliphatic heterocycles. The van der Waals surface area contributed by atoms with Crippen LogP contribution in [0, 0.1) is 12.3 Å². The van der Waals surface area contributed by atoms with Gasteiger partial charge in [-0.25, -0.2) is 9.36 Å². The third-order valence-electron chi connectivity index (χ3n) is 4.15. The molecule has 0 spiro atoms. The summed E-state index contributed by atoms with van der Waals surface area (Å²) in [6.45, 7) is 18.8. The highest BCUT2D eigenvalue weighted by atomic mass is 16.6. The number of nitrogens with one attached hydrogen (secondary N) is 1. The second-order valence-corrected chi connectivity index (χ2v) is 9.28. The molecule has 5 nitrogen and oxygen atoms in total. The molecule has 27 heavy (non-hydrogen) atoms. The Labute approximate surface area is 163 Å². The Bertz CT molecular complexity index is 798. The highest BCUT2D eigenvalue weighted by molar-refractivity contribution is 5.91. The third kappa shape index (κ3) is 6.08. The maximum atomic E-state index is 12.5. The lowest BCUT2D eigenvalue weighted by Crippen LogP contribution is -2.37. The van der Waals surface area contributed by atoms with E-state index in [1.807, 2.05) is 39.0 Å². The van der Waals surface area contributed by atoms with Gasteiger partial charge in [0.2, 0.25) is 0 Å². The third-order valence-corrected chi connectivity index (χ3v) is 4.15. The largest absolute Gasteiger partial charge is 0.443 e. The molecule has 0 aliphatic rings. The summed E-state index contributed by atoms with van der Waals surface area (Å²) in [5, 5.41) is 4.47. The number of fused-ring (bicyclic) bond motifs is 1. The quantitative estimate of drug-likeness (QED) is 0.828. The molecule has 2 rings (SSSR count). The zero-order chi connectivity index (χ0) is 20.4. The minimum atomic E-state index is -0.566. The van der Waals surface area contributed by atoms with Crippen molar-refractivity contribution in [1.29, 1.82) is 0 Å². The van der Waals surface area contributed by atoms with Crippen LogP contribution in [0.3, 0.4) is 0 Å². The Balaban J connectivity index is 2.11. The van der Waals surface area contributed by atoms with E-state index in [9.17, 15) is 4.79 Å². The van der Waals surface area contributed by atoms with Gasteiger partial charge in [0.1, 0.15) is 5.60 Å². The van der Waals surface area contributed by atoms with Crippen LogP contribution in [-0.2, 0) is 11.3 Å². The summed E-state index contributed by atoms with van der Waals surface area (Å²) in [6, 6.07) is 7.84. The van der Waals surface area contributed by atoms with Crippen LogP contribution in [0.1, 0.15) is 45.9 Å². The fraction of sp³-hybridized carbons (Fsp3) is 0.545. The summed E-state index contributed by atoms with van der Waals surface area (Å²) in [5.41, 5.74) is 1.93. The molecule has 148 valence electrons. The fourth-order valence-corrected chi connectivity index (χ4v) is 3.36. The standard InChI is InChI=1S/C22H33N3O2/c1-16-11-18-12-17(13-23-14-22(5,6)15-24(7)8)9-10-19(18)25(16)20(26)27-21(2,3)4/h1,9-12,23H,13-15H2,2-8H3. The molecule has 2 aromatic rings. The van der Waals surface area contributed by atoms with Gasteiger partial charge < -0.3 is 15.0 Å². The van der Waals surface area contributed by atoms with Gasteiger partial charge in [-0.3, -0.25) is 0 Å². The molecule has 0 aliphatic carbocycles. The lowest BCUT2D eigenvalue weighted by Gasteiger charge is -2.28. The Morgan fingerprint density at radius 3 is 2.44 bits per heavy atom. The number of rotatable bonds is 6. The minimum absolute atomic E-state index is 0.193. The number of ether oxygens (including phenoxy) is 1. The number of carbonyl (C=O) groups excluding carboxylic acids is 1. The first-order valence-electron chi connectivity index (χ1n) is 9.37. The average molecular weight is 372 g/mol. The normalized spacial score (nSPS) is 12.8. The summed E-state index contributed by atoms with van der Waals surface area (Å²) in [7, 11) is 4.19. The van der Waals surface area contributed by atoms with Crippen molar-refractivity contribution in [1.82, 2.24) is 14.8 Å². The van der Waals surface area contributed by atoms with Crippen molar-refractivity contribution in [2.75, 3.05) is 27.2 Å². The van der Waals surface area contributed by atoms with Crippen LogP contribution >= 0.6 is 0 Å². The van der Waals surface area contributed by atoms with Gasteiger partial charge in [0, 0.05) is 37.6 Å². The molecule has 0 bridgehead atoms. The molecule has 0 saturated carbocycles. The van der Waals surface area contributed by atoms with Crippen LogP contribution in [0.4, 0.5) is 4.79 Å². The molecular formula is C22H33N3O2. The minimum Gasteiger partial charge on any atom is -0.443 e. The van der Waals surface area contributed by atoms with Crippen molar-refractivity contribution >= 4 is 17.0 Å². The monoisotopic (exact) mass is 371 g/mol. The molecule has 1 aromatic heterocycles. The van der Waals surface area contributed by atoms with Gasteiger partial charge in [-0.05, 0) is 64.0 Å². The molecule has 0 atom stereocenters. The second-order valence-electron chi connectivity index (χ2n) is 9.28. The Morgan fingerprint density at radius 2 is 1.85 bits per heavy atom. The van der Waals surface area contributed by atoms with Crippen molar-refractivity contribution in [3.8, 4) is 0 Å². The molecule has 1 aromatic carbocycles. The van der Waals surface area contributed by atoms with Crippen LogP contribution in [0.2, 0.25) is 0 Å². The van der Waals surface area contributed by atoms with Crippen LogP contribution < -0.4 is 5.32 Å². The van der Waals surface area contributed by atoms with Crippen LogP contribution in [-0.4, -0.2) is 48.3 Å². The van der Waals surface area contributed by atoms with E-state index in [2.05, 4.69) is 44.2 Å². The number of nitrogens with zero attached hydrogens (tertiary/aromatic N) is 2. The molecular weight excluding hydrogens is 338 g/mol. The summed E-state index contributed by atoms with van der Waals surface area (Å²) >= 11 is 0. The van der Waals surface area contributed by atoms with E-state index in [-0.39, 0.29) is 5.41 Å². The van der Waals surface area contributed by atoms with E-state index < -0.39 is 11.7 Å². The predicted molar refractivity (Wildman–Crippen MR) is 111 cm³/mol. The Kier molecular flexibility index (Phi) is 6.38. The zero-order valence-electron chi connectivity index (χ0n) is 17.7. The molecule has 0 saturated heterocycles. The molecule has 2 radical (unpaired) electrons. The molecule has 0 amide bonds. The average Bonchev–Trinajstić information content (AvgIpc) is 2.78. The van der Waals surface area contributed by atoms with Gasteiger partial charge in [-0.1, -0.05) is 19.9 Å². The summed E-state index contributed by atoms with van der Waals surface area (Å²) in [6.07, 6.45) is -0.452. The van der Waals surface area contributed by atoms with Crippen molar-refractivity contribution < 1.29 is 9.53 Å². The maximum absolute atomic E-state index is 12.5.